The van der Waals surface area contributed by atoms with E-state index < -0.39 is 21.9 Å². The van der Waals surface area contributed by atoms with Gasteiger partial charge in [0.25, 0.3) is 0 Å². The minimum atomic E-state index is -3.66. The summed E-state index contributed by atoms with van der Waals surface area (Å²) in [7, 11) is -3.66. The van der Waals surface area contributed by atoms with Gasteiger partial charge in [-0.25, -0.2) is 13.1 Å². The third-order valence-electron chi connectivity index (χ3n) is 3.06. The molecule has 0 unspecified atom stereocenters. The van der Waals surface area contributed by atoms with E-state index in [0.29, 0.717) is 24.1 Å². The molecule has 0 aromatic carbocycles. The number of thiophene rings is 1. The number of carbonyl (C=O) groups is 1. The van der Waals surface area contributed by atoms with Gasteiger partial charge in [0, 0.05) is 6.04 Å². The number of carboxylic acids is 1. The summed E-state index contributed by atoms with van der Waals surface area (Å²) in [4.78, 5) is 11.1. The average molecular weight is 300 g/mol. The highest BCUT2D eigenvalue weighted by Crippen LogP contribution is 2.28. The van der Waals surface area contributed by atoms with E-state index in [9.17, 15) is 13.2 Å². The monoisotopic (exact) mass is 300 g/mol. The van der Waals surface area contributed by atoms with Gasteiger partial charge in [-0.15, -0.1) is 11.3 Å². The van der Waals surface area contributed by atoms with E-state index in [-0.39, 0.29) is 10.3 Å². The van der Waals surface area contributed by atoms with Gasteiger partial charge in [0.05, 0.1) is 5.92 Å². The molecule has 0 saturated heterocycles. The molecule has 19 heavy (non-hydrogen) atoms. The summed E-state index contributed by atoms with van der Waals surface area (Å²) in [5.41, 5.74) is 0. The van der Waals surface area contributed by atoms with E-state index in [1.165, 1.54) is 12.1 Å². The fourth-order valence-corrected chi connectivity index (χ4v) is 4.52. The Morgan fingerprint density at radius 3 is 2.74 bits per heavy atom. The number of hydrogen-bond donors (Lipinski definition) is 2. The van der Waals surface area contributed by atoms with Gasteiger partial charge in [0.15, 0.2) is 0 Å². The first-order valence-corrected chi connectivity index (χ1v) is 7.97. The average Bonchev–Trinajstić information content (AvgIpc) is 2.96. The highest BCUT2D eigenvalue weighted by Gasteiger charge is 2.32. The van der Waals surface area contributed by atoms with Gasteiger partial charge in [-0.05, 0) is 31.4 Å². The molecule has 1 aromatic rings. The van der Waals surface area contributed by atoms with Crippen LogP contribution in [-0.4, -0.2) is 25.5 Å². The van der Waals surface area contributed by atoms with Gasteiger partial charge in [-0.3, -0.25) is 4.79 Å². The van der Waals surface area contributed by atoms with E-state index in [2.05, 4.69) is 4.72 Å². The van der Waals surface area contributed by atoms with Crippen molar-refractivity contribution in [1.29, 1.82) is 5.26 Å². The number of nitrogens with zero attached hydrogens (tertiary/aromatic N) is 1. The molecule has 1 heterocycles. The predicted octanol–water partition coefficient (Wildman–Crippen LogP) is 1.15. The number of aliphatic carboxylic acids is 1. The topological polar surface area (TPSA) is 107 Å². The van der Waals surface area contributed by atoms with Crippen LogP contribution in [-0.2, 0) is 14.8 Å². The third-order valence-corrected chi connectivity index (χ3v) is 6.06. The van der Waals surface area contributed by atoms with Gasteiger partial charge in [-0.1, -0.05) is 0 Å². The standard InChI is InChI=1S/C11H12N2O4S2/c12-6-9-3-4-10(18-9)19(16,17)13-8-2-1-7(5-8)11(14)15/h3-4,7-8,13H,1-2,5H2,(H,14,15)/t7-,8+/m1/s1. The molecule has 0 bridgehead atoms. The summed E-state index contributed by atoms with van der Waals surface area (Å²) in [6.45, 7) is 0. The Balaban J connectivity index is 2.07. The van der Waals surface area contributed by atoms with Crippen LogP contribution in [0, 0.1) is 17.2 Å². The van der Waals surface area contributed by atoms with Crippen molar-refractivity contribution in [2.24, 2.45) is 5.92 Å². The third kappa shape index (κ3) is 3.12. The molecule has 1 saturated carbocycles. The number of nitriles is 1. The van der Waals surface area contributed by atoms with E-state index in [1.807, 2.05) is 6.07 Å². The minimum Gasteiger partial charge on any atom is -0.481 e. The van der Waals surface area contributed by atoms with Crippen LogP contribution >= 0.6 is 11.3 Å². The molecule has 0 spiro atoms. The van der Waals surface area contributed by atoms with Crippen molar-refractivity contribution >= 4 is 27.3 Å². The molecule has 0 amide bonds. The van der Waals surface area contributed by atoms with Crippen LogP contribution in [0.3, 0.4) is 0 Å². The molecule has 6 nitrogen and oxygen atoms in total. The fraction of sp³-hybridized carbons (Fsp3) is 0.455. The predicted molar refractivity (Wildman–Crippen MR) is 68.1 cm³/mol. The molecule has 2 rings (SSSR count). The van der Waals surface area contributed by atoms with E-state index in [1.54, 1.807) is 0 Å². The Morgan fingerprint density at radius 2 is 2.21 bits per heavy atom. The highest BCUT2D eigenvalue weighted by atomic mass is 32.2. The number of sulfonamides is 1. The lowest BCUT2D eigenvalue weighted by molar-refractivity contribution is -0.141. The molecular formula is C11H12N2O4S2. The van der Waals surface area contributed by atoms with Crippen LogP contribution in [0.25, 0.3) is 0 Å². The van der Waals surface area contributed by atoms with Gasteiger partial charge < -0.3 is 5.11 Å². The smallest absolute Gasteiger partial charge is 0.306 e. The van der Waals surface area contributed by atoms with Crippen molar-refractivity contribution < 1.29 is 18.3 Å². The quantitative estimate of drug-likeness (QED) is 0.867. The fourth-order valence-electron chi connectivity index (χ4n) is 2.12. The van der Waals surface area contributed by atoms with Crippen LogP contribution in [0.5, 0.6) is 0 Å². The first kappa shape index (κ1) is 14.0. The maximum Gasteiger partial charge on any atom is 0.306 e. The van der Waals surface area contributed by atoms with Crippen LogP contribution in [0.1, 0.15) is 24.1 Å². The Morgan fingerprint density at radius 1 is 1.47 bits per heavy atom. The van der Waals surface area contributed by atoms with Crippen molar-refractivity contribution in [2.45, 2.75) is 29.5 Å². The van der Waals surface area contributed by atoms with E-state index >= 15 is 0 Å². The van der Waals surface area contributed by atoms with Crippen molar-refractivity contribution in [3.8, 4) is 6.07 Å². The molecule has 2 N–H and O–H groups in total. The summed E-state index contributed by atoms with van der Waals surface area (Å²) in [6, 6.07) is 4.37. The van der Waals surface area contributed by atoms with E-state index in [4.69, 9.17) is 10.4 Å². The van der Waals surface area contributed by atoms with Gasteiger partial charge in [0.2, 0.25) is 10.0 Å². The Kier molecular flexibility index (Phi) is 3.89. The SMILES string of the molecule is N#Cc1ccc(S(=O)(=O)N[C@H]2CC[C@@H](C(=O)O)C2)s1. The van der Waals surface area contributed by atoms with Gasteiger partial charge >= 0.3 is 5.97 Å². The molecular weight excluding hydrogens is 288 g/mol. The molecule has 1 aliphatic rings. The summed E-state index contributed by atoms with van der Waals surface area (Å²) >= 11 is 0.902. The molecule has 102 valence electrons. The van der Waals surface area contributed by atoms with Crippen molar-refractivity contribution in [3.05, 3.63) is 17.0 Å². The minimum absolute atomic E-state index is 0.0859. The summed E-state index contributed by atoms with van der Waals surface area (Å²) in [6.07, 6.45) is 1.31. The second-order valence-corrected chi connectivity index (χ2v) is 7.42. The Labute approximate surface area is 114 Å². The molecule has 2 atom stereocenters. The maximum atomic E-state index is 12.0. The van der Waals surface area contributed by atoms with Crippen molar-refractivity contribution in [3.63, 3.8) is 0 Å². The number of rotatable bonds is 4. The van der Waals surface area contributed by atoms with Crippen molar-refractivity contribution in [1.82, 2.24) is 4.72 Å². The number of hydrogen-bond acceptors (Lipinski definition) is 5. The maximum absolute atomic E-state index is 12.0. The largest absolute Gasteiger partial charge is 0.481 e. The molecule has 0 radical (unpaired) electrons. The first-order valence-electron chi connectivity index (χ1n) is 5.67. The van der Waals surface area contributed by atoms with Crippen LogP contribution < -0.4 is 4.72 Å². The summed E-state index contributed by atoms with van der Waals surface area (Å²) < 4.78 is 26.7. The molecule has 8 heteroatoms. The van der Waals surface area contributed by atoms with Crippen LogP contribution in [0.15, 0.2) is 16.3 Å². The number of carboxylic acid groups (broad SMARTS) is 1. The second kappa shape index (κ2) is 5.28. The lowest BCUT2D eigenvalue weighted by Crippen LogP contribution is -2.32. The van der Waals surface area contributed by atoms with Gasteiger partial charge in [0.1, 0.15) is 15.2 Å². The summed E-state index contributed by atoms with van der Waals surface area (Å²) in [5, 5.41) is 17.5. The summed E-state index contributed by atoms with van der Waals surface area (Å²) in [5.74, 6) is -1.37. The Bertz CT molecular complexity index is 629. The lowest BCUT2D eigenvalue weighted by Gasteiger charge is -2.11. The normalized spacial score (nSPS) is 23.1. The highest BCUT2D eigenvalue weighted by molar-refractivity contribution is 7.91. The number of nitrogens with one attached hydrogen (secondary N) is 1. The zero-order valence-electron chi connectivity index (χ0n) is 9.87. The lowest BCUT2D eigenvalue weighted by atomic mass is 10.1. The first-order chi connectivity index (χ1) is 8.92. The van der Waals surface area contributed by atoms with E-state index in [0.717, 1.165) is 11.3 Å². The molecule has 0 aliphatic heterocycles. The van der Waals surface area contributed by atoms with Crippen LogP contribution in [0.2, 0.25) is 0 Å². The Hall–Kier alpha value is -1.43. The second-order valence-electron chi connectivity index (χ2n) is 4.40. The van der Waals surface area contributed by atoms with Gasteiger partial charge in [-0.2, -0.15) is 5.26 Å². The zero-order valence-corrected chi connectivity index (χ0v) is 11.5. The molecule has 1 aliphatic carbocycles. The van der Waals surface area contributed by atoms with Crippen molar-refractivity contribution in [2.75, 3.05) is 0 Å². The zero-order chi connectivity index (χ0) is 14.0. The molecule has 1 fully saturated rings. The molecule has 1 aromatic heterocycles. The van der Waals surface area contributed by atoms with Crippen LogP contribution in [0.4, 0.5) is 0 Å².